The summed E-state index contributed by atoms with van der Waals surface area (Å²) in [6, 6.07) is 11.5. The Morgan fingerprint density at radius 2 is 1.98 bits per heavy atom. The van der Waals surface area contributed by atoms with Crippen molar-refractivity contribution in [2.45, 2.75) is 51.1 Å². The van der Waals surface area contributed by atoms with Gasteiger partial charge in [-0.25, -0.2) is 15.0 Å². The maximum absolute atomic E-state index is 13.0. The summed E-state index contributed by atoms with van der Waals surface area (Å²) >= 11 is 0. The van der Waals surface area contributed by atoms with E-state index in [1.807, 2.05) is 50.4 Å². The molecule has 5 rings (SSSR count). The van der Waals surface area contributed by atoms with Crippen LogP contribution < -0.4 is 16.0 Å². The van der Waals surface area contributed by atoms with Crippen molar-refractivity contribution in [1.82, 2.24) is 30.2 Å². The number of nitrogens with one attached hydrogen (secondary N) is 4. The third-order valence-electron chi connectivity index (χ3n) is 7.55. The Hall–Kier alpha value is -4.57. The third-order valence-corrected chi connectivity index (χ3v) is 7.55. The van der Waals surface area contributed by atoms with Gasteiger partial charge in [0.2, 0.25) is 11.9 Å². The second kappa shape index (κ2) is 12.5. The summed E-state index contributed by atoms with van der Waals surface area (Å²) < 4.78 is 0. The molecule has 0 aliphatic heterocycles. The van der Waals surface area contributed by atoms with Gasteiger partial charge in [-0.15, -0.1) is 0 Å². The van der Waals surface area contributed by atoms with Crippen LogP contribution in [0.3, 0.4) is 0 Å². The topological polar surface area (TPSA) is 128 Å². The number of aryl methyl sites for hydroxylation is 1. The van der Waals surface area contributed by atoms with Gasteiger partial charge >= 0.3 is 0 Å². The molecule has 3 heterocycles. The number of para-hydroxylation sites is 1. The second-order valence-electron chi connectivity index (χ2n) is 11.5. The van der Waals surface area contributed by atoms with E-state index in [4.69, 9.17) is 4.98 Å². The molecule has 2 amide bonds. The van der Waals surface area contributed by atoms with Gasteiger partial charge in [-0.2, -0.15) is 0 Å². The number of pyridine rings is 1. The Bertz CT molecular complexity index is 1590. The first-order valence-corrected chi connectivity index (χ1v) is 14.3. The summed E-state index contributed by atoms with van der Waals surface area (Å²) in [5.74, 6) is 0.100. The Morgan fingerprint density at radius 3 is 2.76 bits per heavy atom. The van der Waals surface area contributed by atoms with E-state index in [0.29, 0.717) is 23.9 Å². The van der Waals surface area contributed by atoms with Crippen molar-refractivity contribution in [3.8, 4) is 11.3 Å². The van der Waals surface area contributed by atoms with Crippen LogP contribution in [0.2, 0.25) is 0 Å². The van der Waals surface area contributed by atoms with Crippen molar-refractivity contribution >= 4 is 34.4 Å². The first-order chi connectivity index (χ1) is 20.2. The fraction of sp³-hybridized carbons (Fsp3) is 0.344. The molecule has 218 valence electrons. The van der Waals surface area contributed by atoms with Gasteiger partial charge in [0.1, 0.15) is 5.69 Å². The number of hydrogen-bond donors (Lipinski definition) is 4. The van der Waals surface area contributed by atoms with Crippen molar-refractivity contribution in [3.63, 3.8) is 0 Å². The average Bonchev–Trinajstić information content (AvgIpc) is 3.38. The van der Waals surface area contributed by atoms with Gasteiger partial charge < -0.3 is 25.8 Å². The molecule has 1 saturated carbocycles. The van der Waals surface area contributed by atoms with E-state index in [1.165, 1.54) is 12.3 Å². The molecule has 0 saturated heterocycles. The SMILES string of the molecule is Cc1cnc(N[C@@]2(C)CCC[C@H](NC(=O)c3ccc(NC(=O)/C=C/CN(C)C)cn3)C2)nc1-c1c[nH]c2ccccc12. The highest BCUT2D eigenvalue weighted by Crippen LogP contribution is 2.33. The van der Waals surface area contributed by atoms with Gasteiger partial charge in [-0.3, -0.25) is 9.59 Å². The van der Waals surface area contributed by atoms with Crippen LogP contribution in [0.15, 0.2) is 67.1 Å². The zero-order valence-corrected chi connectivity index (χ0v) is 24.6. The van der Waals surface area contributed by atoms with Crippen LogP contribution in [0.25, 0.3) is 22.2 Å². The minimum atomic E-state index is -0.287. The number of carbonyl (C=O) groups is 2. The standard InChI is InChI=1S/C32H38N8O2/c1-21-18-35-31(38-29(21)25-20-34-26-11-6-5-10-24(25)26)39-32(2)15-7-9-22(17-32)37-30(42)27-14-13-23(19-33-27)36-28(41)12-8-16-40(3)4/h5-6,8,10-14,18-20,22,34H,7,9,15-17H2,1-4H3,(H,36,41)(H,37,42)(H,35,38,39)/b12-8+/t22-,32-/m0/s1. The molecule has 0 radical (unpaired) electrons. The molecule has 1 aliphatic carbocycles. The van der Waals surface area contributed by atoms with Gasteiger partial charge in [0, 0.05) is 53.1 Å². The van der Waals surface area contributed by atoms with Crippen molar-refractivity contribution in [2.24, 2.45) is 0 Å². The van der Waals surface area contributed by atoms with Crippen LogP contribution in [0, 0.1) is 6.92 Å². The van der Waals surface area contributed by atoms with Crippen molar-refractivity contribution < 1.29 is 9.59 Å². The normalized spacial score (nSPS) is 18.8. The number of rotatable bonds is 9. The van der Waals surface area contributed by atoms with E-state index in [2.05, 4.69) is 50.0 Å². The predicted molar refractivity (Wildman–Crippen MR) is 166 cm³/mol. The summed E-state index contributed by atoms with van der Waals surface area (Å²) in [5.41, 5.74) is 4.57. The lowest BCUT2D eigenvalue weighted by atomic mass is 9.80. The number of H-pyrrole nitrogens is 1. The van der Waals surface area contributed by atoms with Crippen LogP contribution >= 0.6 is 0 Å². The lowest BCUT2D eigenvalue weighted by Gasteiger charge is -2.39. The number of fused-ring (bicyclic) bond motifs is 1. The molecule has 0 bridgehead atoms. The third kappa shape index (κ3) is 7.01. The van der Waals surface area contributed by atoms with Gasteiger partial charge in [-0.1, -0.05) is 24.3 Å². The van der Waals surface area contributed by atoms with Crippen LogP contribution in [-0.2, 0) is 4.79 Å². The number of anilines is 2. The zero-order valence-electron chi connectivity index (χ0n) is 24.6. The molecular weight excluding hydrogens is 528 g/mol. The molecule has 2 atom stereocenters. The lowest BCUT2D eigenvalue weighted by molar-refractivity contribution is -0.111. The van der Waals surface area contributed by atoms with Crippen molar-refractivity contribution in [2.75, 3.05) is 31.3 Å². The summed E-state index contributed by atoms with van der Waals surface area (Å²) in [5, 5.41) is 10.6. The molecule has 0 unspecified atom stereocenters. The van der Waals surface area contributed by atoms with Crippen molar-refractivity contribution in [1.29, 1.82) is 0 Å². The highest BCUT2D eigenvalue weighted by molar-refractivity contribution is 5.99. The van der Waals surface area contributed by atoms with Gasteiger partial charge in [0.15, 0.2) is 0 Å². The molecule has 1 aromatic carbocycles. The van der Waals surface area contributed by atoms with Gasteiger partial charge in [0.05, 0.1) is 17.6 Å². The molecule has 4 aromatic rings. The van der Waals surface area contributed by atoms with Crippen LogP contribution in [0.4, 0.5) is 11.6 Å². The predicted octanol–water partition coefficient (Wildman–Crippen LogP) is 4.93. The highest BCUT2D eigenvalue weighted by Gasteiger charge is 2.34. The largest absolute Gasteiger partial charge is 0.360 e. The molecule has 1 fully saturated rings. The van der Waals surface area contributed by atoms with E-state index >= 15 is 0 Å². The van der Waals surface area contributed by atoms with Crippen LogP contribution in [0.1, 0.15) is 48.7 Å². The van der Waals surface area contributed by atoms with E-state index in [9.17, 15) is 9.59 Å². The lowest BCUT2D eigenvalue weighted by Crippen LogP contribution is -2.48. The van der Waals surface area contributed by atoms with E-state index in [0.717, 1.165) is 53.4 Å². The Labute approximate surface area is 246 Å². The van der Waals surface area contributed by atoms with E-state index < -0.39 is 0 Å². The molecule has 42 heavy (non-hydrogen) atoms. The number of aromatic nitrogens is 4. The Kier molecular flexibility index (Phi) is 8.63. The molecular formula is C32H38N8O2. The summed E-state index contributed by atoms with van der Waals surface area (Å²) in [4.78, 5) is 44.2. The number of carbonyl (C=O) groups excluding carboxylic acids is 2. The first kappa shape index (κ1) is 28.9. The van der Waals surface area contributed by atoms with Gasteiger partial charge in [0.25, 0.3) is 5.91 Å². The smallest absolute Gasteiger partial charge is 0.270 e. The van der Waals surface area contributed by atoms with Crippen LogP contribution in [-0.4, -0.2) is 68.9 Å². The maximum atomic E-state index is 13.0. The zero-order chi connectivity index (χ0) is 29.7. The minimum Gasteiger partial charge on any atom is -0.360 e. The summed E-state index contributed by atoms with van der Waals surface area (Å²) in [7, 11) is 3.86. The summed E-state index contributed by atoms with van der Waals surface area (Å²) in [6.45, 7) is 4.85. The molecule has 1 aliphatic rings. The molecule has 10 heteroatoms. The molecule has 4 N–H and O–H groups in total. The molecule has 10 nitrogen and oxygen atoms in total. The number of aromatic amines is 1. The van der Waals surface area contributed by atoms with E-state index in [1.54, 1.807) is 18.2 Å². The van der Waals surface area contributed by atoms with Gasteiger partial charge in [-0.05, 0) is 77.4 Å². The number of likely N-dealkylation sites (N-methyl/N-ethyl adjacent to an activating group) is 1. The quantitative estimate of drug-likeness (QED) is 0.212. The fourth-order valence-electron chi connectivity index (χ4n) is 5.45. The highest BCUT2D eigenvalue weighted by atomic mass is 16.2. The maximum Gasteiger partial charge on any atom is 0.270 e. The van der Waals surface area contributed by atoms with Crippen LogP contribution in [0.5, 0.6) is 0 Å². The molecule has 3 aromatic heterocycles. The number of nitrogens with zero attached hydrogens (tertiary/aromatic N) is 4. The fourth-order valence-corrected chi connectivity index (χ4v) is 5.45. The Balaban J connectivity index is 1.21. The minimum absolute atomic E-state index is 0.0229. The Morgan fingerprint density at radius 1 is 1.14 bits per heavy atom. The van der Waals surface area contributed by atoms with Crippen molar-refractivity contribution in [3.05, 3.63) is 78.4 Å². The molecule has 0 spiro atoms. The first-order valence-electron chi connectivity index (χ1n) is 14.3. The monoisotopic (exact) mass is 566 g/mol. The number of hydrogen-bond acceptors (Lipinski definition) is 7. The summed E-state index contributed by atoms with van der Waals surface area (Å²) in [6.07, 6.45) is 12.1. The van der Waals surface area contributed by atoms with E-state index in [-0.39, 0.29) is 23.4 Å². The number of amides is 2. The second-order valence-corrected chi connectivity index (χ2v) is 11.5. The average molecular weight is 567 g/mol. The number of benzene rings is 1.